The summed E-state index contributed by atoms with van der Waals surface area (Å²) in [5.41, 5.74) is 6.33. The molecule has 3 N–H and O–H groups in total. The number of alkyl halides is 3. The third-order valence-electron chi connectivity index (χ3n) is 4.15. The predicted molar refractivity (Wildman–Crippen MR) is 98.9 cm³/mol. The number of esters is 1. The summed E-state index contributed by atoms with van der Waals surface area (Å²) in [5.74, 6) is -0.679. The summed E-state index contributed by atoms with van der Waals surface area (Å²) in [4.78, 5) is 16.9. The minimum absolute atomic E-state index is 0.00527. The quantitative estimate of drug-likeness (QED) is 0.783. The van der Waals surface area contributed by atoms with Gasteiger partial charge in [0.25, 0.3) is 0 Å². The molecule has 1 unspecified atom stereocenters. The Balaban J connectivity index is 2.18. The predicted octanol–water partition coefficient (Wildman–Crippen LogP) is 3.64. The van der Waals surface area contributed by atoms with Gasteiger partial charge in [-0.1, -0.05) is 42.5 Å². The second-order valence-corrected chi connectivity index (χ2v) is 6.04. The average molecular weight is 389 g/mol. The number of guanidine groups is 1. The highest BCUT2D eigenvalue weighted by Crippen LogP contribution is 2.37. The van der Waals surface area contributed by atoms with Crippen molar-refractivity contribution in [1.82, 2.24) is 5.32 Å². The first-order valence-electron chi connectivity index (χ1n) is 8.55. The number of benzene rings is 2. The number of nitrogens with zero attached hydrogens (tertiary/aromatic N) is 1. The Morgan fingerprint density at radius 3 is 2.54 bits per heavy atom. The maximum Gasteiger partial charge on any atom is 0.416 e. The highest BCUT2D eigenvalue weighted by Gasteiger charge is 2.35. The van der Waals surface area contributed by atoms with Crippen LogP contribution in [0.1, 0.15) is 29.7 Å². The number of carbonyl (C=O) groups is 1. The molecule has 0 amide bonds. The van der Waals surface area contributed by atoms with Crippen LogP contribution in [0.3, 0.4) is 0 Å². The van der Waals surface area contributed by atoms with Gasteiger partial charge in [0.1, 0.15) is 6.04 Å². The Morgan fingerprint density at radius 1 is 1.18 bits per heavy atom. The van der Waals surface area contributed by atoms with E-state index < -0.39 is 23.8 Å². The van der Waals surface area contributed by atoms with Crippen LogP contribution in [0.2, 0.25) is 0 Å². The van der Waals surface area contributed by atoms with Crippen molar-refractivity contribution in [3.63, 3.8) is 0 Å². The number of carbonyl (C=O) groups excluding carboxylic acids is 1. The molecule has 3 rings (SSSR count). The topological polar surface area (TPSA) is 76.7 Å². The van der Waals surface area contributed by atoms with Crippen molar-refractivity contribution >= 4 is 17.6 Å². The molecular weight excluding hydrogens is 371 g/mol. The number of rotatable bonds is 4. The molecule has 1 aliphatic rings. The standard InChI is InChI=1S/C20H18F3N3O2/c1-2-28-18(27)15-16(12-7-4-3-5-8-12)25-19(24)26-17(15)13-9-6-10-14(11-13)20(21,22)23/h3-11,17H,2H2,1H3,(H3,24,25,26). The summed E-state index contributed by atoms with van der Waals surface area (Å²) >= 11 is 0. The maximum absolute atomic E-state index is 13.2. The van der Waals surface area contributed by atoms with Gasteiger partial charge in [-0.05, 0) is 30.2 Å². The van der Waals surface area contributed by atoms with Crippen molar-refractivity contribution < 1.29 is 22.7 Å². The van der Waals surface area contributed by atoms with Crippen LogP contribution >= 0.6 is 0 Å². The number of aliphatic imine (C=N–C) groups is 1. The number of nitrogens with two attached hydrogens (primary N) is 1. The molecule has 146 valence electrons. The summed E-state index contributed by atoms with van der Waals surface area (Å²) in [6.07, 6.45) is -4.52. The third kappa shape index (κ3) is 4.00. The Bertz CT molecular complexity index is 937. The van der Waals surface area contributed by atoms with Crippen molar-refractivity contribution in [2.24, 2.45) is 10.7 Å². The highest BCUT2D eigenvalue weighted by molar-refractivity contribution is 6.04. The smallest absolute Gasteiger partial charge is 0.416 e. The average Bonchev–Trinajstić information content (AvgIpc) is 2.67. The van der Waals surface area contributed by atoms with Crippen LogP contribution in [-0.4, -0.2) is 18.5 Å². The van der Waals surface area contributed by atoms with Crippen LogP contribution < -0.4 is 11.1 Å². The lowest BCUT2D eigenvalue weighted by Gasteiger charge is -2.26. The molecule has 28 heavy (non-hydrogen) atoms. The minimum Gasteiger partial charge on any atom is -0.463 e. The van der Waals surface area contributed by atoms with Crippen LogP contribution in [0.25, 0.3) is 5.70 Å². The Labute approximate surface area is 159 Å². The summed E-state index contributed by atoms with van der Waals surface area (Å²) in [6, 6.07) is 12.5. The fraction of sp³-hybridized carbons (Fsp3) is 0.200. The summed E-state index contributed by atoms with van der Waals surface area (Å²) in [7, 11) is 0. The van der Waals surface area contributed by atoms with Crippen LogP contribution in [0.4, 0.5) is 13.2 Å². The van der Waals surface area contributed by atoms with Crippen LogP contribution in [0.15, 0.2) is 65.2 Å². The lowest BCUT2D eigenvalue weighted by Crippen LogP contribution is -2.37. The van der Waals surface area contributed by atoms with Crippen molar-refractivity contribution in [2.75, 3.05) is 6.61 Å². The van der Waals surface area contributed by atoms with Gasteiger partial charge in [0.2, 0.25) is 0 Å². The van der Waals surface area contributed by atoms with Crippen molar-refractivity contribution in [3.05, 3.63) is 76.9 Å². The Morgan fingerprint density at radius 2 is 1.89 bits per heavy atom. The summed E-state index contributed by atoms with van der Waals surface area (Å²) in [5, 5.41) is 2.85. The first-order valence-corrected chi connectivity index (χ1v) is 8.55. The molecular formula is C20H18F3N3O2. The SMILES string of the molecule is CCOC(=O)C1=C(c2ccccc2)NC(N)=NC1c1cccc(C(F)(F)F)c1. The van der Waals surface area contributed by atoms with E-state index in [2.05, 4.69) is 10.3 Å². The number of halogens is 3. The van der Waals surface area contributed by atoms with Gasteiger partial charge in [-0.25, -0.2) is 9.79 Å². The van der Waals surface area contributed by atoms with Gasteiger partial charge in [0, 0.05) is 0 Å². The van der Waals surface area contributed by atoms with Crippen molar-refractivity contribution in [1.29, 1.82) is 0 Å². The molecule has 0 fully saturated rings. The fourth-order valence-electron chi connectivity index (χ4n) is 2.95. The van der Waals surface area contributed by atoms with Crippen LogP contribution in [0, 0.1) is 0 Å². The van der Waals surface area contributed by atoms with E-state index in [1.807, 2.05) is 0 Å². The normalized spacial score (nSPS) is 17.0. The van der Waals surface area contributed by atoms with E-state index in [1.165, 1.54) is 12.1 Å². The van der Waals surface area contributed by atoms with Gasteiger partial charge in [-0.2, -0.15) is 13.2 Å². The molecule has 2 aromatic rings. The molecule has 1 heterocycles. The van der Waals surface area contributed by atoms with E-state index in [4.69, 9.17) is 10.5 Å². The highest BCUT2D eigenvalue weighted by atomic mass is 19.4. The lowest BCUT2D eigenvalue weighted by atomic mass is 9.92. The second-order valence-electron chi connectivity index (χ2n) is 6.04. The largest absolute Gasteiger partial charge is 0.463 e. The minimum atomic E-state index is -4.52. The molecule has 0 aliphatic carbocycles. The molecule has 0 saturated carbocycles. The Kier molecular flexibility index (Phi) is 5.39. The van der Waals surface area contributed by atoms with Crippen LogP contribution in [-0.2, 0) is 15.7 Å². The lowest BCUT2D eigenvalue weighted by molar-refractivity contribution is -0.139. The Hall–Kier alpha value is -3.29. The zero-order valence-electron chi connectivity index (χ0n) is 15.0. The van der Waals surface area contributed by atoms with E-state index in [9.17, 15) is 18.0 Å². The van der Waals surface area contributed by atoms with Gasteiger partial charge in [0.15, 0.2) is 5.96 Å². The number of hydrogen-bond acceptors (Lipinski definition) is 5. The molecule has 8 heteroatoms. The van der Waals surface area contributed by atoms with E-state index in [-0.39, 0.29) is 23.7 Å². The molecule has 0 bridgehead atoms. The van der Waals surface area contributed by atoms with Gasteiger partial charge < -0.3 is 15.8 Å². The van der Waals surface area contributed by atoms with E-state index in [0.717, 1.165) is 12.1 Å². The van der Waals surface area contributed by atoms with E-state index in [1.54, 1.807) is 37.3 Å². The molecule has 1 atom stereocenters. The maximum atomic E-state index is 13.2. The molecule has 5 nitrogen and oxygen atoms in total. The van der Waals surface area contributed by atoms with Crippen LogP contribution in [0.5, 0.6) is 0 Å². The first kappa shape index (κ1) is 19.5. The first-order chi connectivity index (χ1) is 13.3. The van der Waals surface area contributed by atoms with Gasteiger partial charge in [0.05, 0.1) is 23.4 Å². The number of hydrogen-bond donors (Lipinski definition) is 2. The number of ether oxygens (including phenoxy) is 1. The van der Waals surface area contributed by atoms with Gasteiger partial charge in [-0.3, -0.25) is 0 Å². The molecule has 0 aromatic heterocycles. The number of nitrogens with one attached hydrogen (secondary N) is 1. The summed E-state index contributed by atoms with van der Waals surface area (Å²) < 4.78 is 44.6. The molecule has 0 spiro atoms. The van der Waals surface area contributed by atoms with Crippen molar-refractivity contribution in [3.8, 4) is 0 Å². The van der Waals surface area contributed by atoms with Crippen molar-refractivity contribution in [2.45, 2.75) is 19.1 Å². The zero-order chi connectivity index (χ0) is 20.3. The molecule has 0 radical (unpaired) electrons. The molecule has 1 aliphatic heterocycles. The summed E-state index contributed by atoms with van der Waals surface area (Å²) in [6.45, 7) is 1.76. The monoisotopic (exact) mass is 389 g/mol. The molecule has 0 saturated heterocycles. The second kappa shape index (κ2) is 7.75. The fourth-order valence-corrected chi connectivity index (χ4v) is 2.95. The van der Waals surface area contributed by atoms with Gasteiger partial charge in [-0.15, -0.1) is 0 Å². The van der Waals surface area contributed by atoms with Gasteiger partial charge >= 0.3 is 12.1 Å². The third-order valence-corrected chi connectivity index (χ3v) is 4.15. The van der Waals surface area contributed by atoms with E-state index in [0.29, 0.717) is 11.3 Å². The molecule has 2 aromatic carbocycles. The van der Waals surface area contributed by atoms with E-state index >= 15 is 0 Å². The zero-order valence-corrected chi connectivity index (χ0v) is 15.0.